The highest BCUT2D eigenvalue weighted by molar-refractivity contribution is 8.03. The Kier molecular flexibility index (Phi) is 8.46. The molecule has 2 amide bonds. The molecule has 0 aromatic carbocycles. The van der Waals surface area contributed by atoms with Crippen molar-refractivity contribution in [3.05, 3.63) is 46.0 Å². The number of esters is 1. The minimum atomic E-state index is -1.20. The molecular formula is C24H24N8O7S3. The van der Waals surface area contributed by atoms with Crippen molar-refractivity contribution in [1.82, 2.24) is 35.0 Å². The second-order valence-corrected chi connectivity index (χ2v) is 12.6. The first-order valence-electron chi connectivity index (χ1n) is 12.3. The van der Waals surface area contributed by atoms with E-state index in [4.69, 9.17) is 9.57 Å². The van der Waals surface area contributed by atoms with Gasteiger partial charge in [0.1, 0.15) is 34.1 Å². The van der Waals surface area contributed by atoms with E-state index in [9.17, 15) is 24.3 Å². The highest BCUT2D eigenvalue weighted by atomic mass is 32.2. The number of thioether (sulfide) groups is 2. The smallest absolute Gasteiger partial charge is 0.347 e. The van der Waals surface area contributed by atoms with Crippen LogP contribution in [-0.4, -0.2) is 99.7 Å². The lowest BCUT2D eigenvalue weighted by Crippen LogP contribution is -2.74. The monoisotopic (exact) mass is 632 g/mol. The van der Waals surface area contributed by atoms with Crippen LogP contribution >= 0.6 is 34.9 Å². The van der Waals surface area contributed by atoms with Crippen molar-refractivity contribution in [3.63, 3.8) is 0 Å². The van der Waals surface area contributed by atoms with Gasteiger partial charge in [0.05, 0.1) is 5.51 Å². The minimum absolute atomic E-state index is 0.183. The number of rotatable bonds is 10. The maximum Gasteiger partial charge on any atom is 0.347 e. The number of fused-ring (bicyclic) bond motifs is 2. The fourth-order valence-electron chi connectivity index (χ4n) is 4.04. The van der Waals surface area contributed by atoms with Gasteiger partial charge in [0, 0.05) is 11.1 Å². The number of hydrogen-bond donors (Lipinski definition) is 2. The molecule has 0 saturated carbocycles. The Balaban J connectivity index is 1.25. The number of aromatic nitrogens is 5. The zero-order valence-electron chi connectivity index (χ0n) is 22.4. The number of nitrogens with one attached hydrogen (secondary N) is 1. The van der Waals surface area contributed by atoms with Crippen LogP contribution in [0.4, 0.5) is 0 Å². The van der Waals surface area contributed by atoms with Gasteiger partial charge in [0.25, 0.3) is 5.91 Å². The van der Waals surface area contributed by atoms with E-state index >= 15 is 0 Å². The van der Waals surface area contributed by atoms with Crippen LogP contribution in [-0.2, 0) is 28.8 Å². The Bertz CT molecular complexity index is 1580. The van der Waals surface area contributed by atoms with Crippen molar-refractivity contribution in [3.8, 4) is 0 Å². The van der Waals surface area contributed by atoms with E-state index in [0.717, 1.165) is 0 Å². The molecule has 15 nitrogen and oxygen atoms in total. The van der Waals surface area contributed by atoms with Gasteiger partial charge in [-0.25, -0.2) is 14.6 Å². The maximum absolute atomic E-state index is 13.2. The van der Waals surface area contributed by atoms with Crippen molar-refractivity contribution in [2.24, 2.45) is 5.16 Å². The number of carbonyl (C=O) groups is 4. The maximum atomic E-state index is 13.2. The second kappa shape index (κ2) is 12.1. The molecule has 5 heterocycles. The third-order valence-corrected chi connectivity index (χ3v) is 8.56. The topological polar surface area (TPSA) is 191 Å². The van der Waals surface area contributed by atoms with Crippen LogP contribution in [0, 0.1) is 0 Å². The average molecular weight is 633 g/mol. The SMILES string of the molecule is CC(C)(C)OC(=O)CON=C(C(=O)NC1C(=O)N2C(C(=O)O)C(CSc3ccc4nncn4n3)=CS[C@@H]12)c1cscn1. The van der Waals surface area contributed by atoms with E-state index < -0.39 is 53.4 Å². The highest BCUT2D eigenvalue weighted by Gasteiger charge is 2.56. The third-order valence-electron chi connectivity index (χ3n) is 5.76. The molecule has 5 rings (SSSR count). The highest BCUT2D eigenvalue weighted by Crippen LogP contribution is 2.41. The van der Waals surface area contributed by atoms with Crippen LogP contribution < -0.4 is 5.32 Å². The van der Waals surface area contributed by atoms with Crippen molar-refractivity contribution < 1.29 is 33.9 Å². The lowest BCUT2D eigenvalue weighted by Gasteiger charge is -2.51. The van der Waals surface area contributed by atoms with Gasteiger partial charge in [-0.1, -0.05) is 5.16 Å². The van der Waals surface area contributed by atoms with Gasteiger partial charge in [0.2, 0.25) is 12.5 Å². The summed E-state index contributed by atoms with van der Waals surface area (Å²) in [5.41, 5.74) is 1.79. The molecule has 3 aromatic heterocycles. The molecule has 220 valence electrons. The van der Waals surface area contributed by atoms with Crippen LogP contribution in [0.15, 0.2) is 50.5 Å². The number of β-lactam (4-membered cyclic amide) rings is 1. The number of aliphatic carboxylic acids is 1. The standard InChI is InChI=1S/C24H24N8O7S3/c1-24(2,3)39-16(33)6-38-30-17(13-9-40-11-25-13)20(34)27-18-21(35)32-19(23(36)37)12(8-42-22(18)32)7-41-15-5-4-14-28-26-10-31(14)29-15/h4-5,8-11,18-19,22H,6-7H2,1-3H3,(H,27,34)(H,36,37)/t18?,19?,22-/m0/s1. The summed E-state index contributed by atoms with van der Waals surface area (Å²) in [6.45, 7) is 4.57. The zero-order valence-corrected chi connectivity index (χ0v) is 24.8. The number of hydrogen-bond acceptors (Lipinski definition) is 14. The largest absolute Gasteiger partial charge is 0.479 e. The fraction of sp³-hybridized carbons (Fsp3) is 0.375. The van der Waals surface area contributed by atoms with Gasteiger partial charge < -0.3 is 24.9 Å². The Labute approximate surface area is 250 Å². The summed E-state index contributed by atoms with van der Waals surface area (Å²) in [5, 5.41) is 31.7. The first-order chi connectivity index (χ1) is 20.0. The van der Waals surface area contributed by atoms with Crippen molar-refractivity contribution in [1.29, 1.82) is 0 Å². The Morgan fingerprint density at radius 2 is 2.07 bits per heavy atom. The average Bonchev–Trinajstić information content (AvgIpc) is 3.63. The molecule has 2 aliphatic rings. The Morgan fingerprint density at radius 1 is 1.26 bits per heavy atom. The van der Waals surface area contributed by atoms with Crippen molar-refractivity contribution in [2.45, 2.75) is 48.9 Å². The summed E-state index contributed by atoms with van der Waals surface area (Å²) < 4.78 is 6.67. The van der Waals surface area contributed by atoms with Crippen LogP contribution in [0.2, 0.25) is 0 Å². The first-order valence-corrected chi connectivity index (χ1v) is 15.2. The number of carboxylic acids is 1. The molecule has 1 saturated heterocycles. The number of oxime groups is 1. The molecule has 3 aromatic rings. The number of nitrogens with zero attached hydrogens (tertiary/aromatic N) is 7. The third kappa shape index (κ3) is 6.39. The number of carboxylic acid groups (broad SMARTS) is 1. The molecule has 2 aliphatic heterocycles. The van der Waals surface area contributed by atoms with E-state index in [1.165, 1.54) is 56.1 Å². The summed E-state index contributed by atoms with van der Waals surface area (Å²) >= 11 is 3.76. The van der Waals surface area contributed by atoms with Crippen LogP contribution in [0.5, 0.6) is 0 Å². The lowest BCUT2D eigenvalue weighted by atomic mass is 9.98. The molecule has 0 aliphatic carbocycles. The molecule has 0 spiro atoms. The summed E-state index contributed by atoms with van der Waals surface area (Å²) in [7, 11) is 0. The van der Waals surface area contributed by atoms with E-state index in [0.29, 0.717) is 16.2 Å². The molecule has 0 radical (unpaired) electrons. The molecule has 1 fully saturated rings. The number of carbonyl (C=O) groups excluding carboxylic acids is 3. The van der Waals surface area contributed by atoms with Crippen molar-refractivity contribution >= 4 is 70.0 Å². The molecule has 18 heteroatoms. The molecule has 2 unspecified atom stereocenters. The number of thiazole rings is 1. The van der Waals surface area contributed by atoms with E-state index in [1.54, 1.807) is 43.7 Å². The molecule has 42 heavy (non-hydrogen) atoms. The minimum Gasteiger partial charge on any atom is -0.479 e. The summed E-state index contributed by atoms with van der Waals surface area (Å²) in [6, 6.07) is 1.28. The summed E-state index contributed by atoms with van der Waals surface area (Å²) in [4.78, 5) is 60.9. The normalized spacial score (nSPS) is 20.4. The van der Waals surface area contributed by atoms with Gasteiger partial charge >= 0.3 is 11.9 Å². The number of ether oxygens (including phenoxy) is 1. The van der Waals surface area contributed by atoms with E-state index in [-0.39, 0.29) is 17.2 Å². The predicted molar refractivity (Wildman–Crippen MR) is 152 cm³/mol. The van der Waals surface area contributed by atoms with Gasteiger partial charge in [-0.05, 0) is 43.9 Å². The predicted octanol–water partition coefficient (Wildman–Crippen LogP) is 1.17. The summed E-state index contributed by atoms with van der Waals surface area (Å²) in [6.07, 6.45) is 1.46. The van der Waals surface area contributed by atoms with Gasteiger partial charge in [-0.15, -0.1) is 45.1 Å². The second-order valence-electron chi connectivity index (χ2n) is 9.92. The molecule has 0 bridgehead atoms. The van der Waals surface area contributed by atoms with E-state index in [2.05, 4.69) is 30.8 Å². The van der Waals surface area contributed by atoms with E-state index in [1.807, 2.05) is 0 Å². The molecular weight excluding hydrogens is 609 g/mol. The van der Waals surface area contributed by atoms with Crippen molar-refractivity contribution in [2.75, 3.05) is 12.4 Å². The number of amides is 2. The van der Waals surface area contributed by atoms with Gasteiger partial charge in [-0.3, -0.25) is 9.59 Å². The molecule has 3 atom stereocenters. The Hall–Kier alpha value is -4.03. The fourth-order valence-corrected chi connectivity index (χ4v) is 6.77. The quantitative estimate of drug-likeness (QED) is 0.107. The van der Waals surface area contributed by atoms with Gasteiger partial charge in [0.15, 0.2) is 17.4 Å². The van der Waals surface area contributed by atoms with Crippen LogP contribution in [0.1, 0.15) is 26.5 Å². The zero-order chi connectivity index (χ0) is 30.0. The summed E-state index contributed by atoms with van der Waals surface area (Å²) in [5.74, 6) is -2.92. The van der Waals surface area contributed by atoms with Crippen LogP contribution in [0.3, 0.4) is 0 Å². The van der Waals surface area contributed by atoms with Crippen LogP contribution in [0.25, 0.3) is 5.65 Å². The Morgan fingerprint density at radius 3 is 2.79 bits per heavy atom. The molecule has 2 N–H and O–H groups in total. The van der Waals surface area contributed by atoms with Gasteiger partial charge in [-0.2, -0.15) is 9.61 Å². The lowest BCUT2D eigenvalue weighted by molar-refractivity contribution is -0.160. The first kappa shape index (κ1) is 29.5.